The Morgan fingerprint density at radius 3 is 2.48 bits per heavy atom. The van der Waals surface area contributed by atoms with E-state index in [-0.39, 0.29) is 12.5 Å². The van der Waals surface area contributed by atoms with E-state index < -0.39 is 17.5 Å². The molecule has 1 atom stereocenters. The van der Waals surface area contributed by atoms with Gasteiger partial charge in [-0.05, 0) is 30.5 Å². The van der Waals surface area contributed by atoms with Gasteiger partial charge in [-0.15, -0.1) is 0 Å². The molecule has 4 amide bonds. The van der Waals surface area contributed by atoms with Gasteiger partial charge in [0.1, 0.15) is 12.1 Å². The molecule has 1 aromatic rings. The fraction of sp³-hybridized carbons (Fsp3) is 0.438. The summed E-state index contributed by atoms with van der Waals surface area (Å²) in [6.07, 6.45) is 1.17. The molecule has 0 saturated carbocycles. The van der Waals surface area contributed by atoms with Crippen molar-refractivity contribution >= 4 is 29.4 Å². The van der Waals surface area contributed by atoms with Gasteiger partial charge < -0.3 is 10.6 Å². The molecule has 2 rings (SSSR count). The molecule has 1 aromatic carbocycles. The lowest BCUT2D eigenvalue weighted by atomic mass is 9.87. The maximum absolute atomic E-state index is 12.8. The van der Waals surface area contributed by atoms with Crippen LogP contribution in [0, 0.1) is 0 Å². The lowest BCUT2D eigenvalue weighted by molar-refractivity contribution is -0.135. The van der Waals surface area contributed by atoms with Gasteiger partial charge in [-0.25, -0.2) is 4.79 Å². The highest BCUT2D eigenvalue weighted by Gasteiger charge is 2.51. The molecule has 0 aliphatic carbocycles. The van der Waals surface area contributed by atoms with Crippen LogP contribution in [0.2, 0.25) is 5.02 Å². The van der Waals surface area contributed by atoms with E-state index in [2.05, 4.69) is 10.6 Å². The maximum atomic E-state index is 12.8. The normalized spacial score (nSPS) is 20.6. The summed E-state index contributed by atoms with van der Waals surface area (Å²) in [4.78, 5) is 37.8. The molecule has 1 fully saturated rings. The van der Waals surface area contributed by atoms with Crippen LogP contribution in [0.5, 0.6) is 0 Å². The first-order chi connectivity index (χ1) is 10.9. The largest absolute Gasteiger partial charge is 0.355 e. The smallest absolute Gasteiger partial charge is 0.325 e. The van der Waals surface area contributed by atoms with Crippen molar-refractivity contribution in [3.05, 3.63) is 34.9 Å². The number of nitrogens with one attached hydrogen (secondary N) is 2. The van der Waals surface area contributed by atoms with Gasteiger partial charge in [-0.1, -0.05) is 37.6 Å². The number of rotatable bonds is 6. The Balaban J connectivity index is 2.24. The average molecular weight is 338 g/mol. The number of benzene rings is 1. The van der Waals surface area contributed by atoms with Gasteiger partial charge >= 0.3 is 6.03 Å². The van der Waals surface area contributed by atoms with Crippen LogP contribution >= 0.6 is 11.6 Å². The van der Waals surface area contributed by atoms with Crippen molar-refractivity contribution < 1.29 is 14.4 Å². The third-order valence-corrected chi connectivity index (χ3v) is 4.17. The van der Waals surface area contributed by atoms with Crippen LogP contribution in [-0.2, 0) is 15.1 Å². The number of hydrogen-bond donors (Lipinski definition) is 2. The highest BCUT2D eigenvalue weighted by molar-refractivity contribution is 6.30. The minimum absolute atomic E-state index is 0.278. The quantitative estimate of drug-likeness (QED) is 0.779. The van der Waals surface area contributed by atoms with Crippen LogP contribution in [0.15, 0.2) is 24.3 Å². The van der Waals surface area contributed by atoms with Crippen molar-refractivity contribution in [2.45, 2.75) is 32.2 Å². The summed E-state index contributed by atoms with van der Waals surface area (Å²) < 4.78 is 0. The van der Waals surface area contributed by atoms with Crippen LogP contribution < -0.4 is 10.6 Å². The summed E-state index contributed by atoms with van der Waals surface area (Å²) in [5.41, 5.74) is -0.494. The van der Waals surface area contributed by atoms with Gasteiger partial charge in [0.05, 0.1) is 0 Å². The zero-order valence-electron chi connectivity index (χ0n) is 13.2. The number of carbonyl (C=O) groups is 3. The van der Waals surface area contributed by atoms with Crippen molar-refractivity contribution in [1.82, 2.24) is 15.5 Å². The Morgan fingerprint density at radius 1 is 1.26 bits per heavy atom. The molecule has 6 nitrogen and oxygen atoms in total. The fourth-order valence-electron chi connectivity index (χ4n) is 2.61. The highest BCUT2D eigenvalue weighted by atomic mass is 35.5. The predicted octanol–water partition coefficient (Wildman–Crippen LogP) is 2.02. The number of urea groups is 1. The molecule has 1 saturated heterocycles. The van der Waals surface area contributed by atoms with E-state index in [0.29, 0.717) is 23.6 Å². The third-order valence-electron chi connectivity index (χ3n) is 3.92. The van der Waals surface area contributed by atoms with Gasteiger partial charge in [0.15, 0.2) is 0 Å². The van der Waals surface area contributed by atoms with E-state index in [1.165, 1.54) is 0 Å². The zero-order valence-corrected chi connectivity index (χ0v) is 13.9. The lowest BCUT2D eigenvalue weighted by Crippen LogP contribution is -2.44. The van der Waals surface area contributed by atoms with Crippen molar-refractivity contribution in [2.24, 2.45) is 0 Å². The minimum Gasteiger partial charge on any atom is -0.355 e. The number of nitrogens with zero attached hydrogens (tertiary/aromatic N) is 1. The first-order valence-electron chi connectivity index (χ1n) is 7.61. The summed E-state index contributed by atoms with van der Waals surface area (Å²) in [6, 6.07) is 6.21. The summed E-state index contributed by atoms with van der Waals surface area (Å²) >= 11 is 5.88. The number of hydrogen-bond acceptors (Lipinski definition) is 3. The maximum Gasteiger partial charge on any atom is 0.325 e. The summed E-state index contributed by atoms with van der Waals surface area (Å²) in [5.74, 6) is -0.766. The van der Waals surface area contributed by atoms with E-state index in [1.54, 1.807) is 24.3 Å². The van der Waals surface area contributed by atoms with Gasteiger partial charge in [0.2, 0.25) is 5.91 Å². The molecule has 1 aliphatic heterocycles. The van der Waals surface area contributed by atoms with Crippen LogP contribution in [0.25, 0.3) is 0 Å². The molecular weight excluding hydrogens is 318 g/mol. The molecule has 124 valence electrons. The Hall–Kier alpha value is -2.08. The van der Waals surface area contributed by atoms with Crippen LogP contribution in [0.3, 0.4) is 0 Å². The molecule has 0 aromatic heterocycles. The Labute approximate surface area is 140 Å². The topological polar surface area (TPSA) is 78.5 Å². The molecule has 0 radical (unpaired) electrons. The summed E-state index contributed by atoms with van der Waals surface area (Å²) in [5, 5.41) is 5.94. The number of halogens is 1. The van der Waals surface area contributed by atoms with Crippen molar-refractivity contribution in [3.63, 3.8) is 0 Å². The van der Waals surface area contributed by atoms with Gasteiger partial charge in [-0.2, -0.15) is 0 Å². The summed E-state index contributed by atoms with van der Waals surface area (Å²) in [7, 11) is 0. The van der Waals surface area contributed by atoms with Crippen LogP contribution in [-0.4, -0.2) is 35.8 Å². The first kappa shape index (κ1) is 17.3. The zero-order chi connectivity index (χ0) is 17.0. The van der Waals surface area contributed by atoms with E-state index in [0.717, 1.165) is 11.3 Å². The Kier molecular flexibility index (Phi) is 5.26. The number of amides is 4. The Bertz CT molecular complexity index is 618. The first-order valence-corrected chi connectivity index (χ1v) is 7.99. The molecule has 23 heavy (non-hydrogen) atoms. The fourth-order valence-corrected chi connectivity index (χ4v) is 2.73. The summed E-state index contributed by atoms with van der Waals surface area (Å²) in [6.45, 7) is 3.97. The molecule has 0 spiro atoms. The van der Waals surface area contributed by atoms with Crippen molar-refractivity contribution in [1.29, 1.82) is 0 Å². The van der Waals surface area contributed by atoms with E-state index >= 15 is 0 Å². The van der Waals surface area contributed by atoms with E-state index in [1.807, 2.05) is 13.8 Å². The second-order valence-electron chi connectivity index (χ2n) is 5.44. The molecule has 1 heterocycles. The lowest BCUT2D eigenvalue weighted by Gasteiger charge is -2.25. The SMILES string of the molecule is CCCNC(=O)CN1C(=O)N[C@](CC)(c2ccc(Cl)cc2)C1=O. The third kappa shape index (κ3) is 3.32. The number of imide groups is 1. The van der Waals surface area contributed by atoms with Crippen LogP contribution in [0.1, 0.15) is 32.3 Å². The molecule has 2 N–H and O–H groups in total. The molecule has 1 aliphatic rings. The Morgan fingerprint density at radius 2 is 1.91 bits per heavy atom. The van der Waals surface area contributed by atoms with Crippen molar-refractivity contribution in [3.8, 4) is 0 Å². The number of carbonyl (C=O) groups excluding carboxylic acids is 3. The van der Waals surface area contributed by atoms with Gasteiger partial charge in [0, 0.05) is 11.6 Å². The molecule has 0 bridgehead atoms. The van der Waals surface area contributed by atoms with E-state index in [4.69, 9.17) is 11.6 Å². The average Bonchev–Trinajstić information content (AvgIpc) is 2.78. The van der Waals surface area contributed by atoms with Crippen molar-refractivity contribution in [2.75, 3.05) is 13.1 Å². The van der Waals surface area contributed by atoms with Gasteiger partial charge in [-0.3, -0.25) is 14.5 Å². The second kappa shape index (κ2) is 7.00. The van der Waals surface area contributed by atoms with Crippen LogP contribution in [0.4, 0.5) is 4.79 Å². The minimum atomic E-state index is -1.15. The molecular formula is C16H20ClN3O3. The highest BCUT2D eigenvalue weighted by Crippen LogP contribution is 2.32. The monoisotopic (exact) mass is 337 g/mol. The standard InChI is InChI=1S/C16H20ClN3O3/c1-3-9-18-13(21)10-20-14(22)16(4-2,19-15(20)23)11-5-7-12(17)8-6-11/h5-8H,3-4,9-10H2,1-2H3,(H,18,21)(H,19,23)/t16-/m1/s1. The second-order valence-corrected chi connectivity index (χ2v) is 5.87. The predicted molar refractivity (Wildman–Crippen MR) is 87.0 cm³/mol. The molecule has 7 heteroatoms. The molecule has 0 unspecified atom stereocenters. The van der Waals surface area contributed by atoms with Gasteiger partial charge in [0.25, 0.3) is 5.91 Å². The van der Waals surface area contributed by atoms with E-state index in [9.17, 15) is 14.4 Å².